The quantitative estimate of drug-likeness (QED) is 0.663. The van der Waals surface area contributed by atoms with Crippen LogP contribution < -0.4 is 10.2 Å². The van der Waals surface area contributed by atoms with Gasteiger partial charge in [0.15, 0.2) is 5.82 Å². The molecule has 1 atom stereocenters. The van der Waals surface area contributed by atoms with Gasteiger partial charge < -0.3 is 10.2 Å². The minimum absolute atomic E-state index is 0.563. The van der Waals surface area contributed by atoms with Gasteiger partial charge in [-0.15, -0.1) is 0 Å². The van der Waals surface area contributed by atoms with Crippen LogP contribution in [0.25, 0.3) is 0 Å². The number of aromatic nitrogens is 1. The second kappa shape index (κ2) is 2.76. The van der Waals surface area contributed by atoms with Crippen molar-refractivity contribution >= 4 is 23.1 Å². The number of halogens is 1. The topological polar surface area (TPSA) is 28.2 Å². The molecule has 3 nitrogen and oxygen atoms in total. The molecule has 1 aromatic rings. The second-order valence-electron chi connectivity index (χ2n) is 4.04. The molecular weight excluding hydrogens is 198 g/mol. The lowest BCUT2D eigenvalue weighted by molar-refractivity contribution is 0.787. The zero-order valence-electron chi connectivity index (χ0n) is 8.05. The van der Waals surface area contributed by atoms with Gasteiger partial charge in [0.1, 0.15) is 5.15 Å². The van der Waals surface area contributed by atoms with Gasteiger partial charge in [-0.3, -0.25) is 0 Å². The van der Waals surface area contributed by atoms with Gasteiger partial charge in [0.25, 0.3) is 0 Å². The molecule has 3 rings (SSSR count). The van der Waals surface area contributed by atoms with E-state index in [4.69, 9.17) is 11.6 Å². The number of hydrogen-bond acceptors (Lipinski definition) is 3. The fourth-order valence-electron chi connectivity index (χ4n) is 2.40. The van der Waals surface area contributed by atoms with E-state index in [1.54, 1.807) is 0 Å². The number of fused-ring (bicyclic) bond motifs is 4. The highest BCUT2D eigenvalue weighted by atomic mass is 35.5. The Balaban J connectivity index is 2.18. The average Bonchev–Trinajstić information content (AvgIpc) is 2.46. The highest BCUT2D eigenvalue weighted by Crippen LogP contribution is 2.37. The van der Waals surface area contributed by atoms with Crippen molar-refractivity contribution in [3.05, 3.63) is 16.8 Å². The number of anilines is 2. The first-order valence-electron chi connectivity index (χ1n) is 4.92. The van der Waals surface area contributed by atoms with Crippen LogP contribution >= 0.6 is 11.6 Å². The zero-order chi connectivity index (χ0) is 9.71. The Morgan fingerprint density at radius 1 is 1.64 bits per heavy atom. The maximum atomic E-state index is 5.93. The third-order valence-electron chi connectivity index (χ3n) is 3.00. The van der Waals surface area contributed by atoms with Crippen LogP contribution in [0.15, 0.2) is 6.07 Å². The molecular formula is C10H12ClN3. The largest absolute Gasteiger partial charge is 0.366 e. The van der Waals surface area contributed by atoms with E-state index in [1.165, 1.54) is 17.7 Å². The van der Waals surface area contributed by atoms with Crippen molar-refractivity contribution in [2.24, 2.45) is 0 Å². The molecule has 0 amide bonds. The van der Waals surface area contributed by atoms with Gasteiger partial charge in [-0.2, -0.15) is 0 Å². The molecule has 2 aliphatic rings. The van der Waals surface area contributed by atoms with E-state index < -0.39 is 0 Å². The Bertz CT molecular complexity index is 391. The molecule has 1 N–H and O–H groups in total. The summed E-state index contributed by atoms with van der Waals surface area (Å²) in [7, 11) is 0. The van der Waals surface area contributed by atoms with E-state index >= 15 is 0 Å². The van der Waals surface area contributed by atoms with Gasteiger partial charge >= 0.3 is 0 Å². The summed E-state index contributed by atoms with van der Waals surface area (Å²) in [6, 6.07) is 2.49. The normalized spacial score (nSPS) is 23.3. The number of aryl methyl sites for hydroxylation is 1. The monoisotopic (exact) mass is 209 g/mol. The molecule has 2 bridgehead atoms. The van der Waals surface area contributed by atoms with Crippen molar-refractivity contribution in [3.8, 4) is 0 Å². The van der Waals surface area contributed by atoms with Crippen molar-refractivity contribution in [1.82, 2.24) is 4.98 Å². The molecule has 3 heterocycles. The fourth-order valence-corrected chi connectivity index (χ4v) is 2.65. The first-order chi connectivity index (χ1) is 6.74. The summed E-state index contributed by atoms with van der Waals surface area (Å²) in [6.45, 7) is 4.33. The fraction of sp³-hybridized carbons (Fsp3) is 0.500. The zero-order valence-corrected chi connectivity index (χ0v) is 8.80. The van der Waals surface area contributed by atoms with Crippen LogP contribution in [0.1, 0.15) is 12.0 Å². The van der Waals surface area contributed by atoms with E-state index in [2.05, 4.69) is 22.1 Å². The number of nitrogens with zero attached hydrogens (tertiary/aromatic N) is 2. The maximum Gasteiger partial charge on any atom is 0.151 e. The number of pyridine rings is 1. The molecule has 0 aliphatic carbocycles. The standard InChI is InChI=1S/C10H12ClN3/c1-6-4-8(11)13-10-9(6)14-3-2-7(5-14)12-10/h4,7H,2-3,5H2,1H3,(H,12,13)/t7-/m1/s1. The van der Waals surface area contributed by atoms with Gasteiger partial charge in [0, 0.05) is 19.1 Å². The predicted octanol–water partition coefficient (Wildman–Crippen LogP) is 2.05. The van der Waals surface area contributed by atoms with Crippen molar-refractivity contribution in [1.29, 1.82) is 0 Å². The molecule has 14 heavy (non-hydrogen) atoms. The Labute approximate surface area is 88.1 Å². The summed E-state index contributed by atoms with van der Waals surface area (Å²) in [5, 5.41) is 4.01. The van der Waals surface area contributed by atoms with Crippen molar-refractivity contribution < 1.29 is 0 Å². The molecule has 0 unspecified atom stereocenters. The Hall–Kier alpha value is -0.960. The SMILES string of the molecule is Cc1cc(Cl)nc2c1N1CC[C@H](C1)N2. The van der Waals surface area contributed by atoms with Gasteiger partial charge in [0.05, 0.1) is 5.69 Å². The van der Waals surface area contributed by atoms with Crippen LogP contribution in [0.3, 0.4) is 0 Å². The van der Waals surface area contributed by atoms with Crippen LogP contribution in [0.2, 0.25) is 5.15 Å². The van der Waals surface area contributed by atoms with E-state index in [0.29, 0.717) is 11.2 Å². The lowest BCUT2D eigenvalue weighted by atomic mass is 10.2. The van der Waals surface area contributed by atoms with Crippen LogP contribution in [0.4, 0.5) is 11.5 Å². The van der Waals surface area contributed by atoms with Crippen molar-refractivity contribution in [2.75, 3.05) is 23.3 Å². The van der Waals surface area contributed by atoms with Gasteiger partial charge in [0.2, 0.25) is 0 Å². The third-order valence-corrected chi connectivity index (χ3v) is 3.19. The summed E-state index contributed by atoms with van der Waals surface area (Å²) in [5.74, 6) is 0.962. The van der Waals surface area contributed by atoms with E-state index in [1.807, 2.05) is 6.07 Å². The molecule has 1 fully saturated rings. The number of hydrogen-bond donors (Lipinski definition) is 1. The Kier molecular flexibility index (Phi) is 1.65. The van der Waals surface area contributed by atoms with E-state index in [-0.39, 0.29) is 0 Å². The minimum Gasteiger partial charge on any atom is -0.366 e. The van der Waals surface area contributed by atoms with Crippen LogP contribution in [-0.4, -0.2) is 24.1 Å². The lowest BCUT2D eigenvalue weighted by Crippen LogP contribution is -2.32. The maximum absolute atomic E-state index is 5.93. The molecule has 1 aromatic heterocycles. The predicted molar refractivity (Wildman–Crippen MR) is 58.2 cm³/mol. The van der Waals surface area contributed by atoms with Crippen LogP contribution in [-0.2, 0) is 0 Å². The minimum atomic E-state index is 0.563. The summed E-state index contributed by atoms with van der Waals surface area (Å²) in [5.41, 5.74) is 2.45. The van der Waals surface area contributed by atoms with E-state index in [0.717, 1.165) is 18.9 Å². The molecule has 4 heteroatoms. The molecule has 1 saturated heterocycles. The first-order valence-corrected chi connectivity index (χ1v) is 5.30. The lowest BCUT2D eigenvalue weighted by Gasteiger charge is -2.29. The van der Waals surface area contributed by atoms with E-state index in [9.17, 15) is 0 Å². The molecule has 0 radical (unpaired) electrons. The average molecular weight is 210 g/mol. The van der Waals surface area contributed by atoms with Crippen molar-refractivity contribution in [3.63, 3.8) is 0 Å². The first kappa shape index (κ1) is 8.36. The third kappa shape index (κ3) is 1.08. The number of nitrogens with one attached hydrogen (secondary N) is 1. The molecule has 0 aromatic carbocycles. The van der Waals surface area contributed by atoms with Gasteiger partial charge in [-0.1, -0.05) is 11.6 Å². The van der Waals surface area contributed by atoms with Crippen LogP contribution in [0.5, 0.6) is 0 Å². The second-order valence-corrected chi connectivity index (χ2v) is 4.42. The van der Waals surface area contributed by atoms with Gasteiger partial charge in [-0.25, -0.2) is 4.98 Å². The number of rotatable bonds is 0. The summed E-state index contributed by atoms with van der Waals surface area (Å²) in [6.07, 6.45) is 1.20. The highest BCUT2D eigenvalue weighted by Gasteiger charge is 2.31. The molecule has 74 valence electrons. The van der Waals surface area contributed by atoms with Crippen molar-refractivity contribution in [2.45, 2.75) is 19.4 Å². The highest BCUT2D eigenvalue weighted by molar-refractivity contribution is 6.29. The molecule has 0 saturated carbocycles. The summed E-state index contributed by atoms with van der Waals surface area (Å²) < 4.78 is 0. The Morgan fingerprint density at radius 2 is 2.50 bits per heavy atom. The Morgan fingerprint density at radius 3 is 3.36 bits per heavy atom. The van der Waals surface area contributed by atoms with Gasteiger partial charge in [-0.05, 0) is 25.0 Å². The smallest absolute Gasteiger partial charge is 0.151 e. The molecule has 0 spiro atoms. The van der Waals surface area contributed by atoms with Crippen LogP contribution in [0, 0.1) is 6.92 Å². The summed E-state index contributed by atoms with van der Waals surface area (Å²) >= 11 is 5.93. The molecule has 2 aliphatic heterocycles. The summed E-state index contributed by atoms with van der Waals surface area (Å²) in [4.78, 5) is 6.73.